The van der Waals surface area contributed by atoms with E-state index in [9.17, 15) is 5.11 Å². The van der Waals surface area contributed by atoms with Crippen LogP contribution in [0.1, 0.15) is 25.3 Å². The first-order valence-corrected chi connectivity index (χ1v) is 6.87. The Kier molecular flexibility index (Phi) is 3.22. The molecule has 0 aliphatic heterocycles. The van der Waals surface area contributed by atoms with E-state index in [1.807, 2.05) is 12.4 Å². The van der Waals surface area contributed by atoms with E-state index in [1.54, 1.807) is 6.07 Å². The number of fused-ring (bicyclic) bond motifs is 1. The van der Waals surface area contributed by atoms with Crippen molar-refractivity contribution in [2.75, 3.05) is 6.61 Å². The van der Waals surface area contributed by atoms with Gasteiger partial charge in [0.05, 0.1) is 27.4 Å². The van der Waals surface area contributed by atoms with Crippen molar-refractivity contribution < 1.29 is 5.11 Å². The lowest BCUT2D eigenvalue weighted by Gasteiger charge is -2.13. The molecule has 3 nitrogen and oxygen atoms in total. The lowest BCUT2D eigenvalue weighted by atomic mass is 10.1. The molecule has 1 aliphatic rings. The summed E-state index contributed by atoms with van der Waals surface area (Å²) in [5.74, 6) is 0.412. The van der Waals surface area contributed by atoms with Gasteiger partial charge in [0.1, 0.15) is 0 Å². The molecule has 18 heavy (non-hydrogen) atoms. The third kappa shape index (κ3) is 2.00. The summed E-state index contributed by atoms with van der Waals surface area (Å²) in [6.07, 6.45) is 5.00. The molecule has 96 valence electrons. The lowest BCUT2D eigenvalue weighted by molar-refractivity contribution is 0.226. The van der Waals surface area contributed by atoms with Crippen LogP contribution in [0.5, 0.6) is 0 Å². The van der Waals surface area contributed by atoms with E-state index in [1.165, 1.54) is 0 Å². The summed E-state index contributed by atoms with van der Waals surface area (Å²) in [4.78, 5) is 4.37. The summed E-state index contributed by atoms with van der Waals surface area (Å²) >= 11 is 12.1. The topological polar surface area (TPSA) is 38.0 Å². The first kappa shape index (κ1) is 12.3. The fourth-order valence-corrected chi connectivity index (χ4v) is 3.10. The summed E-state index contributed by atoms with van der Waals surface area (Å²) in [5, 5.41) is 10.3. The average molecular weight is 285 g/mol. The molecule has 1 aromatic carbocycles. The molecule has 1 heterocycles. The molecule has 0 bridgehead atoms. The summed E-state index contributed by atoms with van der Waals surface area (Å²) in [7, 11) is 0. The maximum absolute atomic E-state index is 9.21. The third-order valence-corrected chi connectivity index (χ3v) is 4.50. The predicted octanol–water partition coefficient (Wildman–Crippen LogP) is 3.68. The number of aromatic nitrogens is 2. The van der Waals surface area contributed by atoms with Crippen molar-refractivity contribution in [1.82, 2.24) is 9.55 Å². The van der Waals surface area contributed by atoms with Crippen LogP contribution in [-0.2, 0) is 0 Å². The van der Waals surface area contributed by atoms with Crippen molar-refractivity contribution in [2.24, 2.45) is 5.92 Å². The average Bonchev–Trinajstić information content (AvgIpc) is 2.96. The van der Waals surface area contributed by atoms with E-state index in [0.717, 1.165) is 30.3 Å². The minimum atomic E-state index is 0.274. The monoisotopic (exact) mass is 284 g/mol. The number of nitrogens with zero attached hydrogens (tertiary/aromatic N) is 2. The Morgan fingerprint density at radius 3 is 2.78 bits per heavy atom. The Morgan fingerprint density at radius 2 is 2.06 bits per heavy atom. The highest BCUT2D eigenvalue weighted by atomic mass is 35.5. The zero-order valence-electron chi connectivity index (χ0n) is 9.81. The Bertz CT molecular complexity index is 582. The van der Waals surface area contributed by atoms with Crippen LogP contribution in [0.2, 0.25) is 10.0 Å². The van der Waals surface area contributed by atoms with Crippen molar-refractivity contribution in [2.45, 2.75) is 25.3 Å². The highest BCUT2D eigenvalue weighted by Crippen LogP contribution is 2.37. The first-order valence-electron chi connectivity index (χ1n) is 6.11. The molecule has 0 amide bonds. The Morgan fingerprint density at radius 1 is 1.28 bits per heavy atom. The quantitative estimate of drug-likeness (QED) is 0.914. The molecular weight excluding hydrogens is 271 g/mol. The zero-order valence-corrected chi connectivity index (χ0v) is 11.3. The van der Waals surface area contributed by atoms with Crippen molar-refractivity contribution in [1.29, 1.82) is 0 Å². The number of benzene rings is 1. The van der Waals surface area contributed by atoms with Gasteiger partial charge >= 0.3 is 0 Å². The molecule has 0 radical (unpaired) electrons. The van der Waals surface area contributed by atoms with Crippen LogP contribution in [0.4, 0.5) is 0 Å². The van der Waals surface area contributed by atoms with E-state index < -0.39 is 0 Å². The highest BCUT2D eigenvalue weighted by Gasteiger charge is 2.26. The van der Waals surface area contributed by atoms with Crippen LogP contribution in [0.25, 0.3) is 11.0 Å². The molecule has 1 aliphatic carbocycles. The second kappa shape index (κ2) is 4.72. The van der Waals surface area contributed by atoms with Crippen LogP contribution in [0, 0.1) is 5.92 Å². The molecule has 2 aromatic rings. The maximum atomic E-state index is 9.21. The third-order valence-electron chi connectivity index (χ3n) is 3.78. The summed E-state index contributed by atoms with van der Waals surface area (Å²) in [6.45, 7) is 0.274. The molecule has 2 atom stereocenters. The number of aliphatic hydroxyl groups is 1. The largest absolute Gasteiger partial charge is 0.396 e. The first-order chi connectivity index (χ1) is 8.69. The Hall–Kier alpha value is -0.770. The smallest absolute Gasteiger partial charge is 0.0960 e. The van der Waals surface area contributed by atoms with Gasteiger partial charge in [0.25, 0.3) is 0 Å². The lowest BCUT2D eigenvalue weighted by Crippen LogP contribution is -2.05. The van der Waals surface area contributed by atoms with E-state index >= 15 is 0 Å². The zero-order chi connectivity index (χ0) is 12.7. The molecular formula is C13H14Cl2N2O. The number of halogens is 2. The van der Waals surface area contributed by atoms with Crippen molar-refractivity contribution in [3.63, 3.8) is 0 Å². The van der Waals surface area contributed by atoms with Gasteiger partial charge in [-0.3, -0.25) is 0 Å². The number of hydrogen-bond acceptors (Lipinski definition) is 2. The van der Waals surface area contributed by atoms with Crippen LogP contribution in [0.15, 0.2) is 18.5 Å². The van der Waals surface area contributed by atoms with Gasteiger partial charge in [-0.25, -0.2) is 4.98 Å². The molecule has 5 heteroatoms. The van der Waals surface area contributed by atoms with Gasteiger partial charge in [0, 0.05) is 12.6 Å². The molecule has 0 saturated heterocycles. The standard InChI is InChI=1S/C13H14Cl2N2O/c14-10-4-12-13(5-11(10)15)17(7-16-12)9-2-1-8(3-9)6-18/h4-5,7-9,18H,1-3,6H2/t8-,9+/m1/s1. The molecule has 1 aromatic heterocycles. The van der Waals surface area contributed by atoms with Crippen molar-refractivity contribution in [3.8, 4) is 0 Å². The fraction of sp³-hybridized carbons (Fsp3) is 0.462. The minimum absolute atomic E-state index is 0.274. The van der Waals surface area contributed by atoms with Crippen molar-refractivity contribution in [3.05, 3.63) is 28.5 Å². The van der Waals surface area contributed by atoms with Crippen LogP contribution in [-0.4, -0.2) is 21.3 Å². The summed E-state index contributed by atoms with van der Waals surface area (Å²) in [6, 6.07) is 4.08. The molecule has 0 unspecified atom stereocenters. The van der Waals surface area contributed by atoms with E-state index in [2.05, 4.69) is 9.55 Å². The number of hydrogen-bond donors (Lipinski definition) is 1. The second-order valence-corrected chi connectivity index (χ2v) is 5.74. The molecule has 3 rings (SSSR count). The predicted molar refractivity (Wildman–Crippen MR) is 73.2 cm³/mol. The van der Waals surface area contributed by atoms with E-state index in [-0.39, 0.29) is 6.61 Å². The minimum Gasteiger partial charge on any atom is -0.396 e. The normalized spacial score (nSPS) is 23.9. The van der Waals surface area contributed by atoms with Gasteiger partial charge in [0.2, 0.25) is 0 Å². The van der Waals surface area contributed by atoms with Gasteiger partial charge in [-0.05, 0) is 37.3 Å². The van der Waals surface area contributed by atoms with Crippen LogP contribution < -0.4 is 0 Å². The van der Waals surface area contributed by atoms with Crippen LogP contribution in [0.3, 0.4) is 0 Å². The fourth-order valence-electron chi connectivity index (χ4n) is 2.78. The number of rotatable bonds is 2. The molecule has 1 saturated carbocycles. The molecule has 1 N–H and O–H groups in total. The van der Waals surface area contributed by atoms with E-state index in [4.69, 9.17) is 23.2 Å². The Labute approximate surface area is 115 Å². The Balaban J connectivity index is 2.00. The SMILES string of the molecule is OC[C@@H]1CC[C@H](n2cnc3cc(Cl)c(Cl)cc32)C1. The second-order valence-electron chi connectivity index (χ2n) is 4.92. The molecule has 0 spiro atoms. The molecule has 1 fully saturated rings. The number of imidazole rings is 1. The van der Waals surface area contributed by atoms with Crippen LogP contribution >= 0.6 is 23.2 Å². The van der Waals surface area contributed by atoms with Gasteiger partial charge < -0.3 is 9.67 Å². The summed E-state index contributed by atoms with van der Waals surface area (Å²) in [5.41, 5.74) is 1.89. The highest BCUT2D eigenvalue weighted by molar-refractivity contribution is 6.42. The van der Waals surface area contributed by atoms with Gasteiger partial charge in [0.15, 0.2) is 0 Å². The van der Waals surface area contributed by atoms with Crippen molar-refractivity contribution >= 4 is 34.2 Å². The van der Waals surface area contributed by atoms with Gasteiger partial charge in [-0.15, -0.1) is 0 Å². The maximum Gasteiger partial charge on any atom is 0.0960 e. The van der Waals surface area contributed by atoms with E-state index in [0.29, 0.717) is 22.0 Å². The summed E-state index contributed by atoms with van der Waals surface area (Å²) < 4.78 is 2.16. The van der Waals surface area contributed by atoms with Gasteiger partial charge in [-0.1, -0.05) is 23.2 Å². The number of aliphatic hydroxyl groups excluding tert-OH is 1. The van der Waals surface area contributed by atoms with Gasteiger partial charge in [-0.2, -0.15) is 0 Å².